The summed E-state index contributed by atoms with van der Waals surface area (Å²) in [5.74, 6) is -3.71. The number of rotatable bonds is 13. The molecule has 11 N–H and O–H groups in total. The number of hydrogen-bond acceptors (Lipinski definition) is 8. The number of aliphatic carboxylic acids is 1. The van der Waals surface area contributed by atoms with Crippen LogP contribution in [0.2, 0.25) is 0 Å². The Hall–Kier alpha value is -2.58. The summed E-state index contributed by atoms with van der Waals surface area (Å²) in [4.78, 5) is 50.8. The lowest BCUT2D eigenvalue weighted by atomic mass is 10.1. The van der Waals surface area contributed by atoms with Gasteiger partial charge in [-0.05, 0) is 19.8 Å². The lowest BCUT2D eigenvalue weighted by Crippen LogP contribution is -2.55. The molecule has 0 radical (unpaired) electrons. The Balaban J connectivity index is 4.64. The Bertz CT molecular complexity index is 612. The van der Waals surface area contributed by atoms with Gasteiger partial charge in [-0.25, -0.2) is 4.79 Å². The lowest BCUT2D eigenvalue weighted by Gasteiger charge is -2.20. The highest BCUT2D eigenvalue weighted by atomic mass is 32.1. The summed E-state index contributed by atoms with van der Waals surface area (Å²) in [6.07, 6.45) is -0.727. The van der Waals surface area contributed by atoms with E-state index < -0.39 is 54.5 Å². The van der Waals surface area contributed by atoms with Gasteiger partial charge in [0, 0.05) is 12.3 Å². The average Bonchev–Trinajstić information content (AvgIpc) is 2.64. The van der Waals surface area contributed by atoms with Gasteiger partial charge in [-0.2, -0.15) is 12.6 Å². The zero-order chi connectivity index (χ0) is 22.6. The number of nitrogens with zero attached hydrogens (tertiary/aromatic N) is 1. The van der Waals surface area contributed by atoms with Crippen LogP contribution in [0.15, 0.2) is 4.99 Å². The van der Waals surface area contributed by atoms with Crippen molar-refractivity contribution < 1.29 is 29.4 Å². The van der Waals surface area contributed by atoms with Gasteiger partial charge < -0.3 is 43.4 Å². The molecule has 0 saturated heterocycles. The van der Waals surface area contributed by atoms with Crippen molar-refractivity contribution in [2.24, 2.45) is 22.2 Å². The van der Waals surface area contributed by atoms with Crippen LogP contribution in [0.5, 0.6) is 0 Å². The van der Waals surface area contributed by atoms with Crippen LogP contribution in [0.3, 0.4) is 0 Å². The van der Waals surface area contributed by atoms with Crippen molar-refractivity contribution in [3.63, 3.8) is 0 Å². The zero-order valence-corrected chi connectivity index (χ0v) is 16.9. The quantitative estimate of drug-likeness (QED) is 0.0590. The van der Waals surface area contributed by atoms with E-state index in [0.717, 1.165) is 0 Å². The molecule has 4 unspecified atom stereocenters. The van der Waals surface area contributed by atoms with Crippen LogP contribution in [0.25, 0.3) is 0 Å². The number of amides is 3. The first-order valence-corrected chi connectivity index (χ1v) is 9.33. The molecular formula is C15H29N7O6S. The normalized spacial score (nSPS) is 14.6. The van der Waals surface area contributed by atoms with Gasteiger partial charge >= 0.3 is 5.97 Å². The largest absolute Gasteiger partial charge is 0.480 e. The van der Waals surface area contributed by atoms with Crippen LogP contribution in [0.1, 0.15) is 19.8 Å². The van der Waals surface area contributed by atoms with E-state index in [2.05, 4.69) is 33.6 Å². The van der Waals surface area contributed by atoms with Crippen molar-refractivity contribution in [1.29, 1.82) is 0 Å². The van der Waals surface area contributed by atoms with Crippen LogP contribution in [-0.4, -0.2) is 82.9 Å². The summed E-state index contributed by atoms with van der Waals surface area (Å²) in [5.41, 5.74) is 15.8. The molecule has 0 bridgehead atoms. The maximum atomic E-state index is 12.3. The highest BCUT2D eigenvalue weighted by Crippen LogP contribution is 2.00. The van der Waals surface area contributed by atoms with E-state index in [0.29, 0.717) is 6.42 Å². The first kappa shape index (κ1) is 26.4. The number of nitrogens with one attached hydrogen (secondary N) is 3. The zero-order valence-electron chi connectivity index (χ0n) is 16.0. The third-order valence-electron chi connectivity index (χ3n) is 3.64. The first-order chi connectivity index (χ1) is 13.5. The summed E-state index contributed by atoms with van der Waals surface area (Å²) < 4.78 is 0. The molecule has 0 aromatic heterocycles. The minimum atomic E-state index is -1.26. The number of nitrogens with two attached hydrogens (primary N) is 3. The van der Waals surface area contributed by atoms with E-state index in [-0.39, 0.29) is 24.7 Å². The third kappa shape index (κ3) is 11.1. The highest BCUT2D eigenvalue weighted by Gasteiger charge is 2.26. The van der Waals surface area contributed by atoms with Crippen LogP contribution >= 0.6 is 12.6 Å². The second kappa shape index (κ2) is 13.6. The maximum Gasteiger partial charge on any atom is 0.326 e. The number of hydrogen-bond donors (Lipinski definition) is 9. The van der Waals surface area contributed by atoms with E-state index in [1.807, 2.05) is 0 Å². The van der Waals surface area contributed by atoms with Crippen LogP contribution in [-0.2, 0) is 19.2 Å². The van der Waals surface area contributed by atoms with Gasteiger partial charge in [0.2, 0.25) is 17.7 Å². The van der Waals surface area contributed by atoms with E-state index in [1.165, 1.54) is 6.92 Å². The van der Waals surface area contributed by atoms with Crippen molar-refractivity contribution >= 4 is 42.3 Å². The highest BCUT2D eigenvalue weighted by molar-refractivity contribution is 7.80. The molecule has 0 saturated carbocycles. The number of carboxylic acid groups (broad SMARTS) is 1. The van der Waals surface area contributed by atoms with Crippen molar-refractivity contribution in [2.45, 2.75) is 44.0 Å². The van der Waals surface area contributed by atoms with Gasteiger partial charge in [0.05, 0.1) is 12.6 Å². The molecular weight excluding hydrogens is 406 g/mol. The van der Waals surface area contributed by atoms with Gasteiger partial charge in [0.15, 0.2) is 5.96 Å². The second-order valence-electron chi connectivity index (χ2n) is 6.14. The van der Waals surface area contributed by atoms with E-state index in [4.69, 9.17) is 17.2 Å². The third-order valence-corrected chi connectivity index (χ3v) is 4.00. The fourth-order valence-electron chi connectivity index (χ4n) is 1.98. The predicted molar refractivity (Wildman–Crippen MR) is 108 cm³/mol. The molecule has 0 spiro atoms. The predicted octanol–water partition coefficient (Wildman–Crippen LogP) is -4.15. The van der Waals surface area contributed by atoms with Crippen molar-refractivity contribution in [3.8, 4) is 0 Å². The average molecular weight is 436 g/mol. The molecule has 0 fully saturated rings. The Labute approximate surface area is 173 Å². The summed E-state index contributed by atoms with van der Waals surface area (Å²) in [5, 5.41) is 25.3. The van der Waals surface area contributed by atoms with Crippen molar-refractivity contribution in [3.05, 3.63) is 0 Å². The molecule has 0 aliphatic rings. The minimum absolute atomic E-state index is 0.0678. The van der Waals surface area contributed by atoms with Crippen LogP contribution < -0.4 is 33.2 Å². The molecule has 0 heterocycles. The lowest BCUT2D eigenvalue weighted by molar-refractivity contribution is -0.142. The van der Waals surface area contributed by atoms with Gasteiger partial charge in [-0.1, -0.05) is 0 Å². The number of aliphatic hydroxyl groups is 1. The van der Waals surface area contributed by atoms with Crippen molar-refractivity contribution in [1.82, 2.24) is 16.0 Å². The topological polar surface area (TPSA) is 235 Å². The van der Waals surface area contributed by atoms with E-state index >= 15 is 0 Å². The van der Waals surface area contributed by atoms with Gasteiger partial charge in [-0.15, -0.1) is 0 Å². The molecule has 166 valence electrons. The molecule has 0 rings (SSSR count). The number of carboxylic acids is 1. The SMILES string of the molecule is CC(O)C(N)C(=O)NCC(=O)NC(CS)C(=O)NC(CCCN=C(N)N)C(=O)O. The number of carbonyl (C=O) groups is 4. The second-order valence-corrected chi connectivity index (χ2v) is 6.50. The fraction of sp³-hybridized carbons (Fsp3) is 0.667. The minimum Gasteiger partial charge on any atom is -0.480 e. The summed E-state index contributed by atoms with van der Waals surface area (Å²) >= 11 is 3.97. The summed E-state index contributed by atoms with van der Waals surface area (Å²) in [6.45, 7) is 1.03. The summed E-state index contributed by atoms with van der Waals surface area (Å²) in [7, 11) is 0. The Kier molecular flexibility index (Phi) is 12.4. The fourth-order valence-corrected chi connectivity index (χ4v) is 2.23. The smallest absolute Gasteiger partial charge is 0.326 e. The number of carbonyl (C=O) groups excluding carboxylic acids is 3. The maximum absolute atomic E-state index is 12.3. The molecule has 0 aliphatic carbocycles. The molecule has 3 amide bonds. The number of guanidine groups is 1. The van der Waals surface area contributed by atoms with Crippen LogP contribution in [0.4, 0.5) is 0 Å². The van der Waals surface area contributed by atoms with E-state index in [9.17, 15) is 29.4 Å². The Morgan fingerprint density at radius 2 is 1.72 bits per heavy atom. The first-order valence-electron chi connectivity index (χ1n) is 8.69. The molecule has 0 aliphatic heterocycles. The molecule has 29 heavy (non-hydrogen) atoms. The number of thiol groups is 1. The Morgan fingerprint density at radius 1 is 1.10 bits per heavy atom. The standard InChI is InChI=1S/C15H29N7O6S/c1-7(23)11(16)13(26)20-5-10(24)21-9(6-29)12(25)22-8(14(27)28)3-2-4-19-15(17)18/h7-9,11,23,29H,2-6,16H2,1H3,(H,20,26)(H,21,24)(H,22,25)(H,27,28)(H4,17,18,19). The molecule has 0 aromatic rings. The van der Waals surface area contributed by atoms with Crippen molar-refractivity contribution in [2.75, 3.05) is 18.8 Å². The van der Waals surface area contributed by atoms with Gasteiger partial charge in [0.1, 0.15) is 18.1 Å². The molecule has 4 atom stereocenters. The van der Waals surface area contributed by atoms with Gasteiger partial charge in [0.25, 0.3) is 0 Å². The monoisotopic (exact) mass is 435 g/mol. The molecule has 14 heteroatoms. The van der Waals surface area contributed by atoms with E-state index in [1.54, 1.807) is 0 Å². The Morgan fingerprint density at radius 3 is 2.21 bits per heavy atom. The summed E-state index contributed by atoms with van der Waals surface area (Å²) in [6, 6.07) is -3.55. The number of aliphatic hydroxyl groups excluding tert-OH is 1. The number of aliphatic imine (C=N–C) groups is 1. The molecule has 0 aromatic carbocycles. The van der Waals surface area contributed by atoms with Crippen LogP contribution in [0, 0.1) is 0 Å². The molecule has 13 nitrogen and oxygen atoms in total. The van der Waals surface area contributed by atoms with Gasteiger partial charge in [-0.3, -0.25) is 19.4 Å².